The van der Waals surface area contributed by atoms with Crippen molar-refractivity contribution in [1.82, 2.24) is 4.72 Å². The number of fused-ring (bicyclic) bond motifs is 1. The zero-order valence-corrected chi connectivity index (χ0v) is 21.5. The van der Waals surface area contributed by atoms with E-state index in [1.807, 2.05) is 0 Å². The SMILES string of the molecule is CS(=O)(=O)N[C@@H](CC(=O)Nc1ccc2c(c1)N(S(=O)(=O)c1ccc(Cl)cc1)CC2)c1ccc(F)cc1. The summed E-state index contributed by atoms with van der Waals surface area (Å²) in [6, 6.07) is 15.1. The first-order chi connectivity index (χ1) is 16.9. The average Bonchev–Trinajstić information content (AvgIpc) is 3.22. The molecule has 36 heavy (non-hydrogen) atoms. The molecule has 3 aromatic rings. The highest BCUT2D eigenvalue weighted by Crippen LogP contribution is 2.35. The van der Waals surface area contributed by atoms with E-state index in [0.29, 0.717) is 28.4 Å². The molecule has 0 unspecified atom stereocenters. The predicted molar refractivity (Wildman–Crippen MR) is 136 cm³/mol. The predicted octanol–water partition coefficient (Wildman–Crippen LogP) is 3.85. The van der Waals surface area contributed by atoms with Crippen LogP contribution in [-0.2, 0) is 31.3 Å². The van der Waals surface area contributed by atoms with Gasteiger partial charge in [0.1, 0.15) is 5.82 Å². The Hall–Kier alpha value is -2.99. The summed E-state index contributed by atoms with van der Waals surface area (Å²) >= 11 is 5.89. The van der Waals surface area contributed by atoms with Gasteiger partial charge in [-0.25, -0.2) is 25.9 Å². The summed E-state index contributed by atoms with van der Waals surface area (Å²) in [5.41, 5.74) is 2.04. The quantitative estimate of drug-likeness (QED) is 0.441. The Bertz CT molecular complexity index is 1500. The van der Waals surface area contributed by atoms with Crippen LogP contribution in [0.1, 0.15) is 23.6 Å². The van der Waals surface area contributed by atoms with Gasteiger partial charge in [-0.3, -0.25) is 9.10 Å². The topological polar surface area (TPSA) is 113 Å². The zero-order chi connectivity index (χ0) is 26.1. The van der Waals surface area contributed by atoms with Crippen molar-refractivity contribution < 1.29 is 26.0 Å². The van der Waals surface area contributed by atoms with Crippen LogP contribution in [0.2, 0.25) is 5.02 Å². The summed E-state index contributed by atoms with van der Waals surface area (Å²) in [5.74, 6) is -0.997. The van der Waals surface area contributed by atoms with Crippen LogP contribution in [0, 0.1) is 5.82 Å². The van der Waals surface area contributed by atoms with Gasteiger partial charge in [-0.2, -0.15) is 0 Å². The number of carbonyl (C=O) groups excluding carboxylic acids is 1. The van der Waals surface area contributed by atoms with Crippen molar-refractivity contribution in [3.05, 3.63) is 88.7 Å². The molecule has 0 spiro atoms. The molecule has 0 bridgehead atoms. The smallest absolute Gasteiger partial charge is 0.264 e. The molecule has 3 aromatic carbocycles. The Morgan fingerprint density at radius 2 is 1.69 bits per heavy atom. The lowest BCUT2D eigenvalue weighted by Crippen LogP contribution is -2.31. The van der Waals surface area contributed by atoms with Crippen LogP contribution < -0.4 is 14.3 Å². The third kappa shape index (κ3) is 6.04. The second-order valence-electron chi connectivity index (χ2n) is 8.37. The molecule has 0 saturated heterocycles. The minimum atomic E-state index is -3.84. The maximum atomic E-state index is 13.3. The van der Waals surface area contributed by atoms with Crippen molar-refractivity contribution in [3.8, 4) is 0 Å². The van der Waals surface area contributed by atoms with Gasteiger partial charge in [-0.15, -0.1) is 0 Å². The number of hydrogen-bond acceptors (Lipinski definition) is 5. The lowest BCUT2D eigenvalue weighted by molar-refractivity contribution is -0.116. The third-order valence-electron chi connectivity index (χ3n) is 5.64. The van der Waals surface area contributed by atoms with Crippen molar-refractivity contribution in [1.29, 1.82) is 0 Å². The Labute approximate surface area is 214 Å². The Morgan fingerprint density at radius 1 is 1.03 bits per heavy atom. The zero-order valence-electron chi connectivity index (χ0n) is 19.1. The molecule has 8 nitrogen and oxygen atoms in total. The highest BCUT2D eigenvalue weighted by molar-refractivity contribution is 7.92. The summed E-state index contributed by atoms with van der Waals surface area (Å²) in [4.78, 5) is 12.9. The lowest BCUT2D eigenvalue weighted by atomic mass is 10.0. The number of sulfonamides is 2. The van der Waals surface area contributed by atoms with E-state index in [1.165, 1.54) is 52.8 Å². The van der Waals surface area contributed by atoms with Crippen molar-refractivity contribution in [2.75, 3.05) is 22.4 Å². The highest BCUT2D eigenvalue weighted by atomic mass is 35.5. The monoisotopic (exact) mass is 551 g/mol. The van der Waals surface area contributed by atoms with Gasteiger partial charge in [-0.1, -0.05) is 29.8 Å². The van der Waals surface area contributed by atoms with Gasteiger partial charge in [0.2, 0.25) is 15.9 Å². The summed E-state index contributed by atoms with van der Waals surface area (Å²) in [6.07, 6.45) is 1.22. The van der Waals surface area contributed by atoms with Crippen molar-refractivity contribution in [3.63, 3.8) is 0 Å². The van der Waals surface area contributed by atoms with Crippen LogP contribution in [0.4, 0.5) is 15.8 Å². The van der Waals surface area contributed by atoms with E-state index >= 15 is 0 Å². The number of nitrogens with zero attached hydrogens (tertiary/aromatic N) is 1. The first kappa shape index (κ1) is 26.1. The average molecular weight is 552 g/mol. The molecule has 1 aliphatic rings. The standard InChI is InChI=1S/C24H23ClFN3O5S2/c1-35(31,32)28-22(16-2-7-19(26)8-3-16)15-24(30)27-20-9-4-17-12-13-29(23(17)14-20)36(33,34)21-10-5-18(25)6-11-21/h2-11,14,22,28H,12-13,15H2,1H3,(H,27,30)/t22-/m0/s1. The number of amides is 1. The number of hydrogen-bond donors (Lipinski definition) is 2. The van der Waals surface area contributed by atoms with E-state index in [4.69, 9.17) is 11.6 Å². The molecule has 1 amide bonds. The van der Waals surface area contributed by atoms with E-state index < -0.39 is 37.8 Å². The van der Waals surface area contributed by atoms with Crippen LogP contribution in [0.3, 0.4) is 0 Å². The number of benzene rings is 3. The maximum absolute atomic E-state index is 13.3. The fourth-order valence-corrected chi connectivity index (χ4v) is 6.35. The Morgan fingerprint density at radius 3 is 2.33 bits per heavy atom. The molecule has 1 atom stereocenters. The largest absolute Gasteiger partial charge is 0.326 e. The second-order valence-corrected chi connectivity index (χ2v) is 12.4. The first-order valence-corrected chi connectivity index (χ1v) is 14.6. The molecular weight excluding hydrogens is 529 g/mol. The third-order valence-corrected chi connectivity index (χ3v) is 8.43. The lowest BCUT2D eigenvalue weighted by Gasteiger charge is -2.21. The molecule has 12 heteroatoms. The second kappa shape index (κ2) is 10.2. The van der Waals surface area contributed by atoms with E-state index in [2.05, 4.69) is 10.0 Å². The minimum absolute atomic E-state index is 0.100. The Kier molecular flexibility index (Phi) is 7.37. The van der Waals surface area contributed by atoms with Gasteiger partial charge in [-0.05, 0) is 66.1 Å². The molecule has 1 heterocycles. The van der Waals surface area contributed by atoms with E-state index in [0.717, 1.165) is 11.8 Å². The summed E-state index contributed by atoms with van der Waals surface area (Å²) < 4.78 is 67.1. The van der Waals surface area contributed by atoms with Crippen LogP contribution in [-0.4, -0.2) is 35.5 Å². The molecular formula is C24H23ClFN3O5S2. The van der Waals surface area contributed by atoms with Gasteiger partial charge in [0.15, 0.2) is 0 Å². The summed E-state index contributed by atoms with van der Waals surface area (Å²) in [6.45, 7) is 0.253. The Balaban J connectivity index is 1.54. The fraction of sp³-hybridized carbons (Fsp3) is 0.208. The molecule has 1 aliphatic heterocycles. The van der Waals surface area contributed by atoms with Crippen molar-refractivity contribution >= 4 is 48.9 Å². The number of rotatable bonds is 8. The number of nitrogens with one attached hydrogen (secondary N) is 2. The van der Waals surface area contributed by atoms with Gasteiger partial charge in [0, 0.05) is 23.7 Å². The first-order valence-electron chi connectivity index (χ1n) is 10.9. The van der Waals surface area contributed by atoms with Gasteiger partial charge < -0.3 is 5.32 Å². The molecule has 0 saturated carbocycles. The summed E-state index contributed by atoms with van der Waals surface area (Å²) in [7, 11) is -7.50. The molecule has 0 aliphatic carbocycles. The number of halogens is 2. The van der Waals surface area contributed by atoms with E-state index in [1.54, 1.807) is 18.2 Å². The van der Waals surface area contributed by atoms with Crippen molar-refractivity contribution in [2.45, 2.75) is 23.8 Å². The fourth-order valence-electron chi connectivity index (χ4n) is 3.99. The highest BCUT2D eigenvalue weighted by Gasteiger charge is 2.31. The molecule has 4 rings (SSSR count). The molecule has 2 N–H and O–H groups in total. The van der Waals surface area contributed by atoms with E-state index in [9.17, 15) is 26.0 Å². The normalized spacial score (nSPS) is 14.4. The molecule has 190 valence electrons. The van der Waals surface area contributed by atoms with Crippen LogP contribution >= 0.6 is 11.6 Å². The molecule has 0 aromatic heterocycles. The van der Waals surface area contributed by atoms with Gasteiger partial charge >= 0.3 is 0 Å². The molecule has 0 fully saturated rings. The van der Waals surface area contributed by atoms with Crippen LogP contribution in [0.25, 0.3) is 0 Å². The van der Waals surface area contributed by atoms with Crippen molar-refractivity contribution in [2.24, 2.45) is 0 Å². The van der Waals surface area contributed by atoms with E-state index in [-0.39, 0.29) is 17.9 Å². The summed E-state index contributed by atoms with van der Waals surface area (Å²) in [5, 5.41) is 3.12. The van der Waals surface area contributed by atoms with Gasteiger partial charge in [0.05, 0.1) is 22.9 Å². The van der Waals surface area contributed by atoms with Gasteiger partial charge in [0.25, 0.3) is 10.0 Å². The molecule has 0 radical (unpaired) electrons. The maximum Gasteiger partial charge on any atom is 0.264 e. The van der Waals surface area contributed by atoms with Crippen LogP contribution in [0.5, 0.6) is 0 Å². The number of anilines is 2. The van der Waals surface area contributed by atoms with Crippen LogP contribution in [0.15, 0.2) is 71.6 Å². The number of carbonyl (C=O) groups is 1. The minimum Gasteiger partial charge on any atom is -0.326 e.